The van der Waals surface area contributed by atoms with Gasteiger partial charge in [0.15, 0.2) is 0 Å². The molecule has 2 rings (SSSR count). The molecule has 0 aliphatic carbocycles. The number of aliphatic hydroxyl groups is 1. The topological polar surface area (TPSA) is 23.5 Å². The van der Waals surface area contributed by atoms with Crippen molar-refractivity contribution in [2.45, 2.75) is 26.0 Å². The van der Waals surface area contributed by atoms with Gasteiger partial charge in [0, 0.05) is 19.6 Å². The fourth-order valence-electron chi connectivity index (χ4n) is 2.02. The van der Waals surface area contributed by atoms with Crippen molar-refractivity contribution in [2.75, 3.05) is 13.1 Å². The van der Waals surface area contributed by atoms with Gasteiger partial charge in [-0.3, -0.25) is 4.90 Å². The molecule has 2 heteroatoms. The molecule has 0 aromatic heterocycles. The molecule has 1 aromatic carbocycles. The fraction of sp³-hybridized carbons (Fsp3) is 0.500. The molecular formula is C12H17NO. The molecule has 1 fully saturated rings. The van der Waals surface area contributed by atoms with Crippen molar-refractivity contribution < 1.29 is 5.11 Å². The lowest BCUT2D eigenvalue weighted by atomic mass is 10.1. The summed E-state index contributed by atoms with van der Waals surface area (Å²) < 4.78 is 0. The van der Waals surface area contributed by atoms with Gasteiger partial charge in [-0.1, -0.05) is 29.8 Å². The Morgan fingerprint density at radius 3 is 3.00 bits per heavy atom. The van der Waals surface area contributed by atoms with E-state index in [1.54, 1.807) is 0 Å². The molecule has 1 atom stereocenters. The molecule has 1 heterocycles. The van der Waals surface area contributed by atoms with Crippen LogP contribution >= 0.6 is 0 Å². The first-order valence-corrected chi connectivity index (χ1v) is 5.20. The summed E-state index contributed by atoms with van der Waals surface area (Å²) in [5.74, 6) is 0. The zero-order valence-corrected chi connectivity index (χ0v) is 8.61. The average molecular weight is 191 g/mol. The van der Waals surface area contributed by atoms with Gasteiger partial charge in [-0.05, 0) is 18.9 Å². The first-order valence-electron chi connectivity index (χ1n) is 5.20. The lowest BCUT2D eigenvalue weighted by Crippen LogP contribution is -2.21. The van der Waals surface area contributed by atoms with E-state index in [4.69, 9.17) is 0 Å². The van der Waals surface area contributed by atoms with Gasteiger partial charge in [0.05, 0.1) is 6.10 Å². The molecule has 0 saturated carbocycles. The third-order valence-corrected chi connectivity index (χ3v) is 2.74. The van der Waals surface area contributed by atoms with Crippen LogP contribution < -0.4 is 0 Å². The number of hydrogen-bond acceptors (Lipinski definition) is 2. The van der Waals surface area contributed by atoms with E-state index in [1.165, 1.54) is 11.1 Å². The maximum atomic E-state index is 9.39. The Kier molecular flexibility index (Phi) is 2.85. The normalized spacial score (nSPS) is 22.9. The number of hydrogen-bond donors (Lipinski definition) is 1. The number of rotatable bonds is 2. The van der Waals surface area contributed by atoms with E-state index in [0.29, 0.717) is 0 Å². The van der Waals surface area contributed by atoms with E-state index in [0.717, 1.165) is 26.1 Å². The quantitative estimate of drug-likeness (QED) is 0.767. The molecule has 1 aliphatic heterocycles. The second kappa shape index (κ2) is 4.11. The van der Waals surface area contributed by atoms with Crippen molar-refractivity contribution >= 4 is 0 Å². The molecule has 1 aromatic rings. The highest BCUT2D eigenvalue weighted by Gasteiger charge is 2.19. The number of aryl methyl sites for hydroxylation is 1. The molecule has 0 radical (unpaired) electrons. The Hall–Kier alpha value is -0.860. The Bertz CT molecular complexity index is 311. The molecule has 76 valence electrons. The first-order chi connectivity index (χ1) is 6.74. The van der Waals surface area contributed by atoms with E-state index < -0.39 is 0 Å². The molecule has 0 unspecified atom stereocenters. The number of benzene rings is 1. The van der Waals surface area contributed by atoms with Gasteiger partial charge in [-0.15, -0.1) is 0 Å². The molecule has 2 nitrogen and oxygen atoms in total. The monoisotopic (exact) mass is 191 g/mol. The lowest BCUT2D eigenvalue weighted by Gasteiger charge is -2.14. The molecule has 0 bridgehead atoms. The standard InChI is InChI=1S/C12H17NO/c1-10-3-2-4-11(7-10)8-13-6-5-12(14)9-13/h2-4,7,12,14H,5-6,8-9H2,1H3/t12-/m1/s1. The minimum atomic E-state index is -0.111. The minimum Gasteiger partial charge on any atom is -0.392 e. The smallest absolute Gasteiger partial charge is 0.0679 e. The summed E-state index contributed by atoms with van der Waals surface area (Å²) in [7, 11) is 0. The van der Waals surface area contributed by atoms with E-state index >= 15 is 0 Å². The lowest BCUT2D eigenvalue weighted by molar-refractivity contribution is 0.175. The fourth-order valence-corrected chi connectivity index (χ4v) is 2.02. The van der Waals surface area contributed by atoms with Crippen LogP contribution in [0.15, 0.2) is 24.3 Å². The minimum absolute atomic E-state index is 0.111. The summed E-state index contributed by atoms with van der Waals surface area (Å²) >= 11 is 0. The highest BCUT2D eigenvalue weighted by molar-refractivity contribution is 5.22. The zero-order chi connectivity index (χ0) is 9.97. The van der Waals surface area contributed by atoms with E-state index in [2.05, 4.69) is 36.1 Å². The SMILES string of the molecule is Cc1cccc(CN2CC[C@@H](O)C2)c1. The largest absolute Gasteiger partial charge is 0.392 e. The Morgan fingerprint density at radius 1 is 1.50 bits per heavy atom. The predicted molar refractivity (Wildman–Crippen MR) is 57.1 cm³/mol. The van der Waals surface area contributed by atoms with Crippen LogP contribution in [0.2, 0.25) is 0 Å². The van der Waals surface area contributed by atoms with Crippen molar-refractivity contribution in [2.24, 2.45) is 0 Å². The van der Waals surface area contributed by atoms with Crippen molar-refractivity contribution in [3.05, 3.63) is 35.4 Å². The second-order valence-corrected chi connectivity index (χ2v) is 4.17. The summed E-state index contributed by atoms with van der Waals surface area (Å²) in [6.07, 6.45) is 0.811. The molecule has 0 spiro atoms. The third-order valence-electron chi connectivity index (χ3n) is 2.74. The Labute approximate surface area is 85.2 Å². The summed E-state index contributed by atoms with van der Waals surface area (Å²) in [6, 6.07) is 8.57. The Morgan fingerprint density at radius 2 is 2.36 bits per heavy atom. The second-order valence-electron chi connectivity index (χ2n) is 4.17. The van der Waals surface area contributed by atoms with Crippen molar-refractivity contribution in [1.29, 1.82) is 0 Å². The Balaban J connectivity index is 1.97. The molecular weight excluding hydrogens is 174 g/mol. The third kappa shape index (κ3) is 2.34. The van der Waals surface area contributed by atoms with Crippen molar-refractivity contribution in [1.82, 2.24) is 4.90 Å². The molecule has 1 N–H and O–H groups in total. The number of β-amino-alcohol motifs (C(OH)–C–C–N with tert-alkyl or cyclic N) is 1. The van der Waals surface area contributed by atoms with Crippen LogP contribution in [0.5, 0.6) is 0 Å². The molecule has 1 aliphatic rings. The van der Waals surface area contributed by atoms with Crippen molar-refractivity contribution in [3.63, 3.8) is 0 Å². The van der Waals surface area contributed by atoms with E-state index in [9.17, 15) is 5.11 Å². The van der Waals surface area contributed by atoms with Crippen LogP contribution in [0.3, 0.4) is 0 Å². The van der Waals surface area contributed by atoms with Crippen LogP contribution in [-0.4, -0.2) is 29.2 Å². The van der Waals surface area contributed by atoms with Crippen LogP contribution in [-0.2, 0) is 6.54 Å². The van der Waals surface area contributed by atoms with Gasteiger partial charge in [0.25, 0.3) is 0 Å². The summed E-state index contributed by atoms with van der Waals surface area (Å²) in [5.41, 5.74) is 2.65. The van der Waals surface area contributed by atoms with E-state index in [1.807, 2.05) is 0 Å². The maximum Gasteiger partial charge on any atom is 0.0679 e. The summed E-state index contributed by atoms with van der Waals surface area (Å²) in [6.45, 7) is 4.93. The molecule has 1 saturated heterocycles. The highest BCUT2D eigenvalue weighted by Crippen LogP contribution is 2.13. The van der Waals surface area contributed by atoms with Gasteiger partial charge < -0.3 is 5.11 Å². The highest BCUT2D eigenvalue weighted by atomic mass is 16.3. The van der Waals surface area contributed by atoms with Crippen molar-refractivity contribution in [3.8, 4) is 0 Å². The molecule has 0 amide bonds. The van der Waals surface area contributed by atoms with Gasteiger partial charge in [0.2, 0.25) is 0 Å². The van der Waals surface area contributed by atoms with Gasteiger partial charge in [-0.2, -0.15) is 0 Å². The van der Waals surface area contributed by atoms with Gasteiger partial charge >= 0.3 is 0 Å². The first kappa shape index (κ1) is 9.69. The van der Waals surface area contributed by atoms with Crippen LogP contribution in [0.1, 0.15) is 17.5 Å². The van der Waals surface area contributed by atoms with Crippen LogP contribution in [0.25, 0.3) is 0 Å². The zero-order valence-electron chi connectivity index (χ0n) is 8.61. The summed E-state index contributed by atoms with van der Waals surface area (Å²) in [4.78, 5) is 2.30. The number of likely N-dealkylation sites (tertiary alicyclic amines) is 1. The van der Waals surface area contributed by atoms with Crippen LogP contribution in [0.4, 0.5) is 0 Å². The average Bonchev–Trinajstić information content (AvgIpc) is 2.51. The summed E-state index contributed by atoms with van der Waals surface area (Å²) in [5, 5.41) is 9.39. The number of aliphatic hydroxyl groups excluding tert-OH is 1. The van der Waals surface area contributed by atoms with Crippen LogP contribution in [0, 0.1) is 6.92 Å². The molecule has 14 heavy (non-hydrogen) atoms. The maximum absolute atomic E-state index is 9.39. The van der Waals surface area contributed by atoms with E-state index in [-0.39, 0.29) is 6.10 Å². The van der Waals surface area contributed by atoms with Gasteiger partial charge in [-0.25, -0.2) is 0 Å². The van der Waals surface area contributed by atoms with Gasteiger partial charge in [0.1, 0.15) is 0 Å². The predicted octanol–water partition coefficient (Wildman–Crippen LogP) is 1.56. The number of nitrogens with zero attached hydrogens (tertiary/aromatic N) is 1.